The van der Waals surface area contributed by atoms with Gasteiger partial charge < -0.3 is 19.9 Å². The fourth-order valence-corrected chi connectivity index (χ4v) is 3.56. The molecule has 9 heteroatoms. The van der Waals surface area contributed by atoms with Gasteiger partial charge in [0.1, 0.15) is 17.5 Å². The average Bonchev–Trinajstić information content (AvgIpc) is 2.73. The first-order valence-electron chi connectivity index (χ1n) is 10.5. The van der Waals surface area contributed by atoms with Gasteiger partial charge in [-0.25, -0.2) is 9.97 Å². The molecule has 0 bridgehead atoms. The minimum atomic E-state index is -0.258. The van der Waals surface area contributed by atoms with E-state index in [9.17, 15) is 4.79 Å². The standard InChI is InChI=1S/C22H29N7O2/c1-22(2,3)27-20-19-16(14-17(26-20)25-18-15-23-5-6-24-18)4-7-29(21(19)30)9-8-28-10-12-31-13-11-28/h4-7,14-15H,8-13H2,1-3H3,(H2,24,25,26,27). The van der Waals surface area contributed by atoms with E-state index < -0.39 is 0 Å². The molecular formula is C22H29N7O2. The van der Waals surface area contributed by atoms with E-state index in [2.05, 4.69) is 25.5 Å². The van der Waals surface area contributed by atoms with Crippen LogP contribution in [-0.4, -0.2) is 62.8 Å². The summed E-state index contributed by atoms with van der Waals surface area (Å²) in [5.74, 6) is 1.75. The summed E-state index contributed by atoms with van der Waals surface area (Å²) in [5, 5.41) is 7.98. The fourth-order valence-electron chi connectivity index (χ4n) is 3.56. The lowest BCUT2D eigenvalue weighted by Gasteiger charge is -2.27. The van der Waals surface area contributed by atoms with Crippen molar-refractivity contribution < 1.29 is 4.74 Å². The van der Waals surface area contributed by atoms with E-state index in [4.69, 9.17) is 9.72 Å². The third kappa shape index (κ3) is 5.36. The van der Waals surface area contributed by atoms with Gasteiger partial charge >= 0.3 is 0 Å². The quantitative estimate of drug-likeness (QED) is 0.624. The molecule has 4 rings (SSSR count). The Morgan fingerprint density at radius 3 is 2.65 bits per heavy atom. The molecule has 0 spiro atoms. The van der Waals surface area contributed by atoms with Crippen LogP contribution in [0.4, 0.5) is 17.5 Å². The van der Waals surface area contributed by atoms with Gasteiger partial charge in [-0.15, -0.1) is 0 Å². The van der Waals surface area contributed by atoms with Gasteiger partial charge in [0.2, 0.25) is 0 Å². The Balaban J connectivity index is 1.68. The Morgan fingerprint density at radius 1 is 1.13 bits per heavy atom. The molecule has 0 aromatic carbocycles. The number of nitrogens with zero attached hydrogens (tertiary/aromatic N) is 5. The monoisotopic (exact) mass is 423 g/mol. The molecule has 0 amide bonds. The highest BCUT2D eigenvalue weighted by Crippen LogP contribution is 2.25. The Bertz CT molecular complexity index is 1090. The van der Waals surface area contributed by atoms with Crippen molar-refractivity contribution in [3.8, 4) is 0 Å². The van der Waals surface area contributed by atoms with E-state index >= 15 is 0 Å². The second-order valence-electron chi connectivity index (χ2n) is 8.68. The molecule has 9 nitrogen and oxygen atoms in total. The van der Waals surface area contributed by atoms with Crippen molar-refractivity contribution in [2.45, 2.75) is 32.9 Å². The summed E-state index contributed by atoms with van der Waals surface area (Å²) < 4.78 is 7.17. The highest BCUT2D eigenvalue weighted by Gasteiger charge is 2.18. The highest BCUT2D eigenvalue weighted by molar-refractivity contribution is 5.93. The van der Waals surface area contributed by atoms with Crippen LogP contribution in [-0.2, 0) is 11.3 Å². The van der Waals surface area contributed by atoms with E-state index in [0.717, 1.165) is 38.2 Å². The molecule has 1 aliphatic rings. The zero-order valence-corrected chi connectivity index (χ0v) is 18.3. The van der Waals surface area contributed by atoms with Gasteiger partial charge in [0.05, 0.1) is 24.8 Å². The summed E-state index contributed by atoms with van der Waals surface area (Å²) in [6, 6.07) is 3.83. The first-order valence-corrected chi connectivity index (χ1v) is 10.5. The zero-order chi connectivity index (χ0) is 21.8. The number of nitrogens with one attached hydrogen (secondary N) is 2. The molecule has 4 heterocycles. The molecule has 0 aliphatic carbocycles. The molecule has 31 heavy (non-hydrogen) atoms. The maximum atomic E-state index is 13.4. The molecule has 1 fully saturated rings. The molecule has 3 aromatic rings. The summed E-state index contributed by atoms with van der Waals surface area (Å²) in [7, 11) is 0. The first kappa shape index (κ1) is 21.2. The molecule has 0 unspecified atom stereocenters. The second-order valence-corrected chi connectivity index (χ2v) is 8.68. The smallest absolute Gasteiger partial charge is 0.262 e. The predicted octanol–water partition coefficient (Wildman–Crippen LogP) is 2.47. The van der Waals surface area contributed by atoms with E-state index in [1.54, 1.807) is 23.2 Å². The lowest BCUT2D eigenvalue weighted by molar-refractivity contribution is 0.0363. The van der Waals surface area contributed by atoms with Crippen molar-refractivity contribution in [2.75, 3.05) is 43.5 Å². The number of pyridine rings is 2. The van der Waals surface area contributed by atoms with Crippen molar-refractivity contribution in [3.63, 3.8) is 0 Å². The second kappa shape index (κ2) is 8.99. The molecule has 1 saturated heterocycles. The van der Waals surface area contributed by atoms with Crippen molar-refractivity contribution in [2.24, 2.45) is 0 Å². The number of fused-ring (bicyclic) bond motifs is 1. The van der Waals surface area contributed by atoms with Gasteiger partial charge in [-0.1, -0.05) is 0 Å². The lowest BCUT2D eigenvalue weighted by Crippen LogP contribution is -2.39. The molecule has 0 atom stereocenters. The van der Waals surface area contributed by atoms with Gasteiger partial charge in [-0.05, 0) is 38.3 Å². The number of rotatable bonds is 6. The van der Waals surface area contributed by atoms with Crippen molar-refractivity contribution in [3.05, 3.63) is 47.3 Å². The van der Waals surface area contributed by atoms with Gasteiger partial charge in [0, 0.05) is 50.3 Å². The van der Waals surface area contributed by atoms with Crippen LogP contribution in [0, 0.1) is 0 Å². The number of anilines is 3. The van der Waals surface area contributed by atoms with Crippen LogP contribution in [0.1, 0.15) is 20.8 Å². The van der Waals surface area contributed by atoms with Crippen molar-refractivity contribution in [1.82, 2.24) is 24.4 Å². The maximum absolute atomic E-state index is 13.4. The summed E-state index contributed by atoms with van der Waals surface area (Å²) in [6.45, 7) is 10.9. The van der Waals surface area contributed by atoms with E-state index in [1.807, 2.05) is 39.1 Å². The van der Waals surface area contributed by atoms with E-state index in [1.165, 1.54) is 0 Å². The van der Waals surface area contributed by atoms with Crippen molar-refractivity contribution >= 4 is 28.2 Å². The zero-order valence-electron chi connectivity index (χ0n) is 18.3. The predicted molar refractivity (Wildman–Crippen MR) is 122 cm³/mol. The molecular weight excluding hydrogens is 394 g/mol. The normalized spacial score (nSPS) is 15.2. The summed E-state index contributed by atoms with van der Waals surface area (Å²) in [6.07, 6.45) is 6.72. The summed E-state index contributed by atoms with van der Waals surface area (Å²) in [4.78, 5) is 28.7. The number of hydrogen-bond donors (Lipinski definition) is 2. The largest absolute Gasteiger partial charge is 0.379 e. The van der Waals surface area contributed by atoms with Crippen LogP contribution in [0.15, 0.2) is 41.7 Å². The van der Waals surface area contributed by atoms with Gasteiger partial charge in [-0.3, -0.25) is 14.7 Å². The number of aromatic nitrogens is 4. The van der Waals surface area contributed by atoms with Crippen LogP contribution in [0.2, 0.25) is 0 Å². The lowest BCUT2D eigenvalue weighted by atomic mass is 10.1. The van der Waals surface area contributed by atoms with Crippen LogP contribution >= 0.6 is 0 Å². The van der Waals surface area contributed by atoms with Gasteiger partial charge in [-0.2, -0.15) is 0 Å². The minimum Gasteiger partial charge on any atom is -0.379 e. The Labute approximate surface area is 181 Å². The number of ether oxygens (including phenoxy) is 1. The Kier molecular flexibility index (Phi) is 6.15. The molecule has 0 saturated carbocycles. The summed E-state index contributed by atoms with van der Waals surface area (Å²) in [5.41, 5.74) is -0.303. The summed E-state index contributed by atoms with van der Waals surface area (Å²) >= 11 is 0. The third-order valence-corrected chi connectivity index (χ3v) is 5.03. The molecule has 164 valence electrons. The Hall–Kier alpha value is -3.04. The van der Waals surface area contributed by atoms with Crippen LogP contribution in [0.5, 0.6) is 0 Å². The van der Waals surface area contributed by atoms with Crippen molar-refractivity contribution in [1.29, 1.82) is 0 Å². The first-order chi connectivity index (χ1) is 14.9. The maximum Gasteiger partial charge on any atom is 0.262 e. The SMILES string of the molecule is CC(C)(C)Nc1nc(Nc2cnccn2)cc2ccn(CCN3CCOCC3)c(=O)c12. The highest BCUT2D eigenvalue weighted by atomic mass is 16.5. The third-order valence-electron chi connectivity index (χ3n) is 5.03. The molecule has 0 radical (unpaired) electrons. The molecule has 1 aliphatic heterocycles. The van der Waals surface area contributed by atoms with Gasteiger partial charge in [0.15, 0.2) is 0 Å². The van der Waals surface area contributed by atoms with Crippen LogP contribution in [0.25, 0.3) is 10.8 Å². The Morgan fingerprint density at radius 2 is 1.94 bits per heavy atom. The van der Waals surface area contributed by atoms with E-state index in [-0.39, 0.29) is 11.1 Å². The number of hydrogen-bond acceptors (Lipinski definition) is 8. The number of morpholine rings is 1. The fraction of sp³-hybridized carbons (Fsp3) is 0.455. The van der Waals surface area contributed by atoms with Gasteiger partial charge in [0.25, 0.3) is 5.56 Å². The topological polar surface area (TPSA) is 97.2 Å². The van der Waals surface area contributed by atoms with Crippen LogP contribution < -0.4 is 16.2 Å². The molecule has 2 N–H and O–H groups in total. The minimum absolute atomic E-state index is 0.0453. The molecule has 3 aromatic heterocycles. The average molecular weight is 424 g/mol. The van der Waals surface area contributed by atoms with E-state index in [0.29, 0.717) is 29.4 Å². The van der Waals surface area contributed by atoms with Crippen LogP contribution in [0.3, 0.4) is 0 Å².